The van der Waals surface area contributed by atoms with Gasteiger partial charge in [-0.2, -0.15) is 13.2 Å². The molecule has 1 N–H and O–H groups in total. The third-order valence-corrected chi connectivity index (χ3v) is 2.50. The van der Waals surface area contributed by atoms with E-state index in [0.717, 1.165) is 4.90 Å². The first kappa shape index (κ1) is 16.2. The number of hydrogen-bond acceptors (Lipinski definition) is 2. The molecule has 1 rings (SSSR count). The summed E-state index contributed by atoms with van der Waals surface area (Å²) in [6.07, 6.45) is -2.87. The lowest BCUT2D eigenvalue weighted by Crippen LogP contribution is -2.42. The van der Waals surface area contributed by atoms with Gasteiger partial charge in [-0.25, -0.2) is 0 Å². The molecule has 0 aliphatic carbocycles. The van der Waals surface area contributed by atoms with Crippen molar-refractivity contribution in [3.8, 4) is 0 Å². The Bertz CT molecular complexity index is 432. The molecule has 3 nitrogen and oxygen atoms in total. The van der Waals surface area contributed by atoms with E-state index < -0.39 is 18.6 Å². The van der Waals surface area contributed by atoms with Crippen molar-refractivity contribution in [3.05, 3.63) is 48.6 Å². The molecule has 1 aromatic rings. The van der Waals surface area contributed by atoms with E-state index in [0.29, 0.717) is 12.1 Å². The number of carbonyl (C=O) groups excluding carboxylic acids is 1. The molecular formula is C14H17F3N2O. The van der Waals surface area contributed by atoms with Gasteiger partial charge in [-0.1, -0.05) is 36.4 Å². The Morgan fingerprint density at radius 3 is 2.50 bits per heavy atom. The molecule has 0 heterocycles. The number of nitrogens with zero attached hydrogens (tertiary/aromatic N) is 1. The highest BCUT2D eigenvalue weighted by Crippen LogP contribution is 2.18. The summed E-state index contributed by atoms with van der Waals surface area (Å²) in [5.74, 6) is -0.590. The van der Waals surface area contributed by atoms with Crippen LogP contribution in [-0.2, 0) is 11.3 Å². The topological polar surface area (TPSA) is 32.3 Å². The zero-order chi connectivity index (χ0) is 15.0. The highest BCUT2D eigenvalue weighted by atomic mass is 19.4. The van der Waals surface area contributed by atoms with Crippen LogP contribution in [0.3, 0.4) is 0 Å². The van der Waals surface area contributed by atoms with Crippen LogP contribution in [0.5, 0.6) is 0 Å². The van der Waals surface area contributed by atoms with Crippen molar-refractivity contribution in [2.24, 2.45) is 0 Å². The van der Waals surface area contributed by atoms with E-state index in [9.17, 15) is 18.0 Å². The van der Waals surface area contributed by atoms with Gasteiger partial charge in [0.15, 0.2) is 0 Å². The van der Waals surface area contributed by atoms with E-state index in [1.807, 2.05) is 0 Å². The van der Waals surface area contributed by atoms with Crippen LogP contribution in [0.25, 0.3) is 0 Å². The maximum absolute atomic E-state index is 12.5. The Morgan fingerprint density at radius 1 is 1.30 bits per heavy atom. The maximum atomic E-state index is 12.5. The number of alkyl halides is 3. The Kier molecular flexibility index (Phi) is 6.24. The molecule has 1 aromatic carbocycles. The molecule has 0 bridgehead atoms. The summed E-state index contributed by atoms with van der Waals surface area (Å²) in [5, 5.41) is 2.71. The van der Waals surface area contributed by atoms with Crippen LogP contribution in [-0.4, -0.2) is 36.6 Å². The maximum Gasteiger partial charge on any atom is 0.406 e. The molecule has 20 heavy (non-hydrogen) atoms. The van der Waals surface area contributed by atoms with Crippen LogP contribution in [0.15, 0.2) is 43.0 Å². The molecule has 0 fully saturated rings. The van der Waals surface area contributed by atoms with Crippen molar-refractivity contribution < 1.29 is 18.0 Å². The quantitative estimate of drug-likeness (QED) is 0.616. The molecule has 0 saturated heterocycles. The molecule has 1 amide bonds. The van der Waals surface area contributed by atoms with E-state index in [2.05, 4.69) is 11.9 Å². The Balaban J connectivity index is 2.69. The average Bonchev–Trinajstić information content (AvgIpc) is 2.38. The van der Waals surface area contributed by atoms with E-state index in [1.165, 1.54) is 0 Å². The summed E-state index contributed by atoms with van der Waals surface area (Å²) in [6.45, 7) is 2.38. The molecule has 0 aliphatic rings. The van der Waals surface area contributed by atoms with E-state index in [4.69, 9.17) is 0 Å². The van der Waals surface area contributed by atoms with Gasteiger partial charge in [-0.15, -0.1) is 6.58 Å². The second-order valence-corrected chi connectivity index (χ2v) is 4.27. The van der Waals surface area contributed by atoms with Crippen molar-refractivity contribution in [1.29, 1.82) is 0 Å². The molecule has 6 heteroatoms. The van der Waals surface area contributed by atoms with Crippen LogP contribution < -0.4 is 5.32 Å². The second-order valence-electron chi connectivity index (χ2n) is 4.27. The Morgan fingerprint density at radius 2 is 1.95 bits per heavy atom. The molecule has 110 valence electrons. The van der Waals surface area contributed by atoms with Gasteiger partial charge in [0.05, 0.1) is 6.54 Å². The summed E-state index contributed by atoms with van der Waals surface area (Å²) in [4.78, 5) is 12.6. The number of rotatable bonds is 7. The van der Waals surface area contributed by atoms with Gasteiger partial charge >= 0.3 is 6.18 Å². The summed E-state index contributed by atoms with van der Waals surface area (Å²) in [7, 11) is 0. The van der Waals surface area contributed by atoms with Gasteiger partial charge in [0.1, 0.15) is 6.54 Å². The number of benzene rings is 1. The summed E-state index contributed by atoms with van der Waals surface area (Å²) in [5.41, 5.74) is 0.661. The smallest absolute Gasteiger partial charge is 0.328 e. The number of carbonyl (C=O) groups is 1. The highest BCUT2D eigenvalue weighted by molar-refractivity contribution is 5.78. The first-order valence-electron chi connectivity index (χ1n) is 6.12. The molecule has 0 saturated carbocycles. The lowest BCUT2D eigenvalue weighted by Gasteiger charge is -2.24. The van der Waals surface area contributed by atoms with Crippen molar-refractivity contribution in [2.75, 3.05) is 19.6 Å². The highest BCUT2D eigenvalue weighted by Gasteiger charge is 2.32. The first-order valence-corrected chi connectivity index (χ1v) is 6.12. The lowest BCUT2D eigenvalue weighted by molar-refractivity contribution is -0.161. The van der Waals surface area contributed by atoms with Gasteiger partial charge in [0.25, 0.3) is 0 Å². The summed E-state index contributed by atoms with van der Waals surface area (Å²) < 4.78 is 37.6. The number of halogens is 3. The average molecular weight is 286 g/mol. The Hall–Kier alpha value is -1.82. The SMILES string of the molecule is C=CCNCC(=O)N(Cc1ccccc1)CC(F)(F)F. The van der Waals surface area contributed by atoms with Gasteiger partial charge in [0.2, 0.25) is 5.91 Å². The van der Waals surface area contributed by atoms with Gasteiger partial charge in [-0.3, -0.25) is 4.79 Å². The Labute approximate surface area is 116 Å². The number of amides is 1. The van der Waals surface area contributed by atoms with Gasteiger partial charge in [0, 0.05) is 13.1 Å². The second kappa shape index (κ2) is 7.69. The number of nitrogens with one attached hydrogen (secondary N) is 1. The normalized spacial score (nSPS) is 11.2. The predicted molar refractivity (Wildman–Crippen MR) is 71.0 cm³/mol. The van der Waals surface area contributed by atoms with Crippen LogP contribution >= 0.6 is 0 Å². The standard InChI is InChI=1S/C14H17F3N2O/c1-2-8-18-9-13(20)19(11-14(15,16)17)10-12-6-4-3-5-7-12/h2-7,18H,1,8-11H2. The fourth-order valence-corrected chi connectivity index (χ4v) is 1.65. The van der Waals surface area contributed by atoms with Crippen molar-refractivity contribution >= 4 is 5.91 Å². The van der Waals surface area contributed by atoms with Crippen LogP contribution in [0.4, 0.5) is 13.2 Å². The first-order chi connectivity index (χ1) is 9.42. The monoisotopic (exact) mass is 286 g/mol. The predicted octanol–water partition coefficient (Wildman–Crippen LogP) is 2.35. The largest absolute Gasteiger partial charge is 0.406 e. The molecule has 0 unspecified atom stereocenters. The minimum absolute atomic E-state index is 0.0606. The van der Waals surface area contributed by atoms with E-state index in [1.54, 1.807) is 36.4 Å². The zero-order valence-corrected chi connectivity index (χ0v) is 11.0. The minimum atomic E-state index is -4.41. The molecule has 0 spiro atoms. The van der Waals surface area contributed by atoms with Gasteiger partial charge < -0.3 is 10.2 Å². The lowest BCUT2D eigenvalue weighted by atomic mass is 10.2. The van der Waals surface area contributed by atoms with Crippen molar-refractivity contribution in [1.82, 2.24) is 10.2 Å². The molecule has 0 atom stereocenters. The molecule has 0 aromatic heterocycles. The fraction of sp³-hybridized carbons (Fsp3) is 0.357. The molecule has 0 aliphatic heterocycles. The summed E-state index contributed by atoms with van der Waals surface area (Å²) in [6, 6.07) is 8.59. The zero-order valence-electron chi connectivity index (χ0n) is 11.0. The van der Waals surface area contributed by atoms with Crippen LogP contribution in [0.1, 0.15) is 5.56 Å². The minimum Gasteiger partial charge on any atom is -0.328 e. The van der Waals surface area contributed by atoms with Gasteiger partial charge in [-0.05, 0) is 5.56 Å². The van der Waals surface area contributed by atoms with Crippen molar-refractivity contribution in [3.63, 3.8) is 0 Å². The fourth-order valence-electron chi connectivity index (χ4n) is 1.65. The van der Waals surface area contributed by atoms with E-state index in [-0.39, 0.29) is 13.1 Å². The number of hydrogen-bond donors (Lipinski definition) is 1. The third-order valence-electron chi connectivity index (χ3n) is 2.50. The molecular weight excluding hydrogens is 269 g/mol. The molecule has 0 radical (unpaired) electrons. The van der Waals surface area contributed by atoms with Crippen molar-refractivity contribution in [2.45, 2.75) is 12.7 Å². The van der Waals surface area contributed by atoms with Crippen LogP contribution in [0, 0.1) is 0 Å². The summed E-state index contributed by atoms with van der Waals surface area (Å²) >= 11 is 0. The third kappa shape index (κ3) is 6.38. The van der Waals surface area contributed by atoms with Crippen LogP contribution in [0.2, 0.25) is 0 Å². The van der Waals surface area contributed by atoms with E-state index >= 15 is 0 Å².